The molecular formula is C16H21BrN2. The molecule has 0 aromatic heterocycles. The minimum Gasteiger partial charge on any atom is -0.371 e. The molecule has 0 bridgehead atoms. The Morgan fingerprint density at radius 3 is 2.37 bits per heavy atom. The molecule has 2 nitrogen and oxygen atoms in total. The molecule has 1 heterocycles. The average Bonchev–Trinajstić information content (AvgIpc) is 2.38. The summed E-state index contributed by atoms with van der Waals surface area (Å²) in [4.78, 5) is 2.42. The molecule has 1 aromatic carbocycles. The second-order valence-corrected chi connectivity index (χ2v) is 7.26. The minimum atomic E-state index is 0.414. The highest BCUT2D eigenvalue weighted by molar-refractivity contribution is 9.10. The molecule has 0 saturated carbocycles. The third kappa shape index (κ3) is 3.30. The topological polar surface area (TPSA) is 27.0 Å². The van der Waals surface area contributed by atoms with Crippen LogP contribution in [-0.4, -0.2) is 13.1 Å². The number of benzene rings is 1. The Kier molecular flexibility index (Phi) is 4.20. The van der Waals surface area contributed by atoms with Crippen LogP contribution in [0.4, 0.5) is 5.69 Å². The van der Waals surface area contributed by atoms with E-state index in [4.69, 9.17) is 5.26 Å². The maximum Gasteiger partial charge on any atom is 0.100 e. The Morgan fingerprint density at radius 1 is 1.26 bits per heavy atom. The molecule has 0 unspecified atom stereocenters. The standard InChI is InChI=1S/C16H21BrN2/c1-16(2,3)13-6-8-19(9-7-13)14-5-4-12(11-18)15(17)10-14/h4-5,10,13H,6-9H2,1-3H3. The molecule has 1 fully saturated rings. The first-order chi connectivity index (χ1) is 8.91. The van der Waals surface area contributed by atoms with Crippen molar-refractivity contribution in [1.82, 2.24) is 0 Å². The van der Waals surface area contributed by atoms with Crippen LogP contribution in [0.15, 0.2) is 22.7 Å². The lowest BCUT2D eigenvalue weighted by Crippen LogP contribution is -2.38. The van der Waals surface area contributed by atoms with E-state index in [-0.39, 0.29) is 0 Å². The van der Waals surface area contributed by atoms with Gasteiger partial charge in [0.05, 0.1) is 5.56 Å². The summed E-state index contributed by atoms with van der Waals surface area (Å²) in [6.45, 7) is 9.24. The number of rotatable bonds is 1. The summed E-state index contributed by atoms with van der Waals surface area (Å²) in [5, 5.41) is 8.95. The summed E-state index contributed by atoms with van der Waals surface area (Å²) in [6, 6.07) is 8.21. The van der Waals surface area contributed by atoms with Gasteiger partial charge in [-0.25, -0.2) is 0 Å². The Bertz CT molecular complexity index is 488. The van der Waals surface area contributed by atoms with Gasteiger partial charge in [0.25, 0.3) is 0 Å². The van der Waals surface area contributed by atoms with Crippen LogP contribution in [0.25, 0.3) is 0 Å². The predicted molar refractivity (Wildman–Crippen MR) is 83.2 cm³/mol. The van der Waals surface area contributed by atoms with Crippen molar-refractivity contribution >= 4 is 21.6 Å². The number of hydrogen-bond donors (Lipinski definition) is 0. The zero-order valence-electron chi connectivity index (χ0n) is 11.9. The van der Waals surface area contributed by atoms with Crippen LogP contribution in [0.5, 0.6) is 0 Å². The molecule has 0 radical (unpaired) electrons. The smallest absolute Gasteiger partial charge is 0.100 e. The third-order valence-corrected chi connectivity index (χ3v) is 4.81. The summed E-state index contributed by atoms with van der Waals surface area (Å²) in [7, 11) is 0. The van der Waals surface area contributed by atoms with Crippen LogP contribution in [0.1, 0.15) is 39.2 Å². The Labute approximate surface area is 124 Å². The van der Waals surface area contributed by atoms with E-state index >= 15 is 0 Å². The number of hydrogen-bond acceptors (Lipinski definition) is 2. The van der Waals surface area contributed by atoms with Gasteiger partial charge in [-0.1, -0.05) is 20.8 Å². The van der Waals surface area contributed by atoms with Crippen LogP contribution in [0.2, 0.25) is 0 Å². The zero-order valence-corrected chi connectivity index (χ0v) is 13.5. The Balaban J connectivity index is 2.06. The van der Waals surface area contributed by atoms with Gasteiger partial charge in [-0.15, -0.1) is 0 Å². The van der Waals surface area contributed by atoms with Crippen molar-refractivity contribution in [2.75, 3.05) is 18.0 Å². The van der Waals surface area contributed by atoms with Crippen LogP contribution in [-0.2, 0) is 0 Å². The summed E-state index contributed by atoms with van der Waals surface area (Å²) in [5.74, 6) is 0.811. The van der Waals surface area contributed by atoms with E-state index in [2.05, 4.69) is 59.8 Å². The molecule has 102 valence electrons. The Morgan fingerprint density at radius 2 is 1.89 bits per heavy atom. The van der Waals surface area contributed by atoms with Gasteiger partial charge in [0.1, 0.15) is 6.07 Å². The zero-order chi connectivity index (χ0) is 14.0. The van der Waals surface area contributed by atoms with Crippen molar-refractivity contribution < 1.29 is 0 Å². The van der Waals surface area contributed by atoms with E-state index in [9.17, 15) is 0 Å². The second-order valence-electron chi connectivity index (χ2n) is 6.40. The highest BCUT2D eigenvalue weighted by atomic mass is 79.9. The quantitative estimate of drug-likeness (QED) is 0.757. The highest BCUT2D eigenvalue weighted by Gasteiger charge is 2.28. The van der Waals surface area contributed by atoms with E-state index in [0.717, 1.165) is 23.5 Å². The van der Waals surface area contributed by atoms with Gasteiger partial charge < -0.3 is 4.90 Å². The first kappa shape index (κ1) is 14.4. The molecule has 0 amide bonds. The molecule has 19 heavy (non-hydrogen) atoms. The fourth-order valence-electron chi connectivity index (χ4n) is 2.80. The molecule has 0 spiro atoms. The lowest BCUT2D eigenvalue weighted by molar-refractivity contribution is 0.199. The predicted octanol–water partition coefficient (Wildman–Crippen LogP) is 4.58. The first-order valence-electron chi connectivity index (χ1n) is 6.86. The van der Waals surface area contributed by atoms with E-state index in [1.165, 1.54) is 18.5 Å². The second kappa shape index (κ2) is 5.54. The molecule has 0 aliphatic carbocycles. The van der Waals surface area contributed by atoms with E-state index in [1.54, 1.807) is 0 Å². The van der Waals surface area contributed by atoms with Crippen molar-refractivity contribution in [3.63, 3.8) is 0 Å². The molecule has 2 rings (SSSR count). The molecular weight excluding hydrogens is 300 g/mol. The van der Waals surface area contributed by atoms with Gasteiger partial charge in [0, 0.05) is 23.2 Å². The number of piperidine rings is 1. The molecule has 3 heteroatoms. The van der Waals surface area contributed by atoms with Crippen LogP contribution in [0, 0.1) is 22.7 Å². The Hall–Kier alpha value is -1.01. The maximum absolute atomic E-state index is 8.95. The van der Waals surface area contributed by atoms with E-state index in [1.807, 2.05) is 6.07 Å². The highest BCUT2D eigenvalue weighted by Crippen LogP contribution is 2.36. The van der Waals surface area contributed by atoms with Crippen LogP contribution >= 0.6 is 15.9 Å². The van der Waals surface area contributed by atoms with E-state index in [0.29, 0.717) is 11.0 Å². The minimum absolute atomic E-state index is 0.414. The molecule has 0 atom stereocenters. The van der Waals surface area contributed by atoms with Crippen molar-refractivity contribution in [3.05, 3.63) is 28.2 Å². The molecule has 1 aliphatic heterocycles. The van der Waals surface area contributed by atoms with Crippen LogP contribution < -0.4 is 4.90 Å². The van der Waals surface area contributed by atoms with Gasteiger partial charge in [-0.05, 0) is 58.3 Å². The number of nitrogens with zero attached hydrogens (tertiary/aromatic N) is 2. The summed E-state index contributed by atoms with van der Waals surface area (Å²) >= 11 is 3.47. The first-order valence-corrected chi connectivity index (χ1v) is 7.65. The monoisotopic (exact) mass is 320 g/mol. The largest absolute Gasteiger partial charge is 0.371 e. The SMILES string of the molecule is CC(C)(C)C1CCN(c2ccc(C#N)c(Br)c2)CC1. The van der Waals surface area contributed by atoms with Gasteiger partial charge in [0.15, 0.2) is 0 Å². The number of nitriles is 1. The fraction of sp³-hybridized carbons (Fsp3) is 0.562. The maximum atomic E-state index is 8.95. The summed E-state index contributed by atoms with van der Waals surface area (Å²) < 4.78 is 0.894. The molecule has 1 aromatic rings. The van der Waals surface area contributed by atoms with E-state index < -0.39 is 0 Å². The van der Waals surface area contributed by atoms with Gasteiger partial charge in [-0.2, -0.15) is 5.26 Å². The number of anilines is 1. The lowest BCUT2D eigenvalue weighted by Gasteiger charge is -2.39. The van der Waals surface area contributed by atoms with Gasteiger partial charge >= 0.3 is 0 Å². The van der Waals surface area contributed by atoms with Gasteiger partial charge in [-0.3, -0.25) is 0 Å². The summed E-state index contributed by atoms with van der Waals surface area (Å²) in [6.07, 6.45) is 2.50. The van der Waals surface area contributed by atoms with Gasteiger partial charge in [0.2, 0.25) is 0 Å². The lowest BCUT2D eigenvalue weighted by atomic mass is 9.75. The molecule has 1 aliphatic rings. The van der Waals surface area contributed by atoms with Crippen molar-refractivity contribution in [3.8, 4) is 6.07 Å². The fourth-order valence-corrected chi connectivity index (χ4v) is 3.25. The number of halogens is 1. The van der Waals surface area contributed by atoms with Crippen molar-refractivity contribution in [1.29, 1.82) is 5.26 Å². The normalized spacial score (nSPS) is 17.3. The molecule has 1 saturated heterocycles. The van der Waals surface area contributed by atoms with Crippen LogP contribution in [0.3, 0.4) is 0 Å². The van der Waals surface area contributed by atoms with Crippen molar-refractivity contribution in [2.45, 2.75) is 33.6 Å². The molecule has 0 N–H and O–H groups in total. The average molecular weight is 321 g/mol. The third-order valence-electron chi connectivity index (χ3n) is 4.16. The summed E-state index contributed by atoms with van der Waals surface area (Å²) in [5.41, 5.74) is 2.34. The van der Waals surface area contributed by atoms with Crippen molar-refractivity contribution in [2.24, 2.45) is 11.3 Å².